The molecule has 0 atom stereocenters. The lowest BCUT2D eigenvalue weighted by molar-refractivity contribution is 0.0693. The second kappa shape index (κ2) is 5.83. The number of piperidine rings is 1. The van der Waals surface area contributed by atoms with Crippen LogP contribution in [0.3, 0.4) is 0 Å². The maximum absolute atomic E-state index is 11.1. The highest BCUT2D eigenvalue weighted by Gasteiger charge is 2.26. The van der Waals surface area contributed by atoms with Crippen molar-refractivity contribution >= 4 is 5.97 Å². The predicted molar refractivity (Wildman–Crippen MR) is 78.2 cm³/mol. The van der Waals surface area contributed by atoms with Gasteiger partial charge in [0.15, 0.2) is 0 Å². The molecule has 0 amide bonds. The number of likely N-dealkylation sites (tertiary alicyclic amines) is 1. The minimum absolute atomic E-state index is 0.218. The van der Waals surface area contributed by atoms with E-state index in [9.17, 15) is 4.79 Å². The lowest BCUT2D eigenvalue weighted by atomic mass is 9.84. The second-order valence-electron chi connectivity index (χ2n) is 6.32. The van der Waals surface area contributed by atoms with Crippen molar-refractivity contribution in [1.29, 1.82) is 0 Å². The number of carboxylic acids is 1. The molecule has 2 rings (SSSR count). The van der Waals surface area contributed by atoms with Gasteiger partial charge in [-0.1, -0.05) is 19.9 Å². The Labute approximate surface area is 120 Å². The van der Waals surface area contributed by atoms with Crippen molar-refractivity contribution in [2.45, 2.75) is 33.2 Å². The summed E-state index contributed by atoms with van der Waals surface area (Å²) in [6.45, 7) is 7.63. The van der Waals surface area contributed by atoms with E-state index < -0.39 is 5.97 Å². The lowest BCUT2D eigenvalue weighted by Gasteiger charge is -2.38. The van der Waals surface area contributed by atoms with Crippen molar-refractivity contribution in [2.24, 2.45) is 5.41 Å². The molecule has 110 valence electrons. The van der Waals surface area contributed by atoms with Gasteiger partial charge >= 0.3 is 5.97 Å². The first kappa shape index (κ1) is 14.9. The van der Waals surface area contributed by atoms with Crippen LogP contribution < -0.4 is 4.74 Å². The van der Waals surface area contributed by atoms with Crippen LogP contribution in [0.1, 0.15) is 42.6 Å². The van der Waals surface area contributed by atoms with Gasteiger partial charge in [-0.05, 0) is 42.5 Å². The lowest BCUT2D eigenvalue weighted by Crippen LogP contribution is -2.39. The van der Waals surface area contributed by atoms with Crippen LogP contribution in [-0.2, 0) is 6.54 Å². The van der Waals surface area contributed by atoms with Crippen molar-refractivity contribution in [3.8, 4) is 5.75 Å². The van der Waals surface area contributed by atoms with Gasteiger partial charge in [0, 0.05) is 13.1 Å². The Kier molecular flexibility index (Phi) is 4.33. The van der Waals surface area contributed by atoms with E-state index in [-0.39, 0.29) is 5.56 Å². The Bertz CT molecular complexity index is 496. The van der Waals surface area contributed by atoms with E-state index in [0.29, 0.717) is 11.2 Å². The van der Waals surface area contributed by atoms with E-state index in [1.807, 2.05) is 12.1 Å². The molecule has 0 spiro atoms. The summed E-state index contributed by atoms with van der Waals surface area (Å²) in [5, 5.41) is 9.09. The summed E-state index contributed by atoms with van der Waals surface area (Å²) in [5.41, 5.74) is 1.68. The smallest absolute Gasteiger partial charge is 0.339 e. The standard InChI is InChI=1S/C16H23NO3/c1-16(2)7-4-8-17(11-16)10-12-5-6-13(15(18)19)14(9-12)20-3/h5-6,9H,4,7-8,10-11H2,1-3H3,(H,18,19). The molecule has 0 bridgehead atoms. The highest BCUT2D eigenvalue weighted by molar-refractivity contribution is 5.90. The third kappa shape index (κ3) is 3.51. The third-order valence-corrected chi connectivity index (χ3v) is 3.88. The van der Waals surface area contributed by atoms with Crippen LogP contribution in [0.15, 0.2) is 18.2 Å². The van der Waals surface area contributed by atoms with Gasteiger partial charge in [-0.25, -0.2) is 4.79 Å². The maximum Gasteiger partial charge on any atom is 0.339 e. The Morgan fingerprint density at radius 1 is 1.45 bits per heavy atom. The summed E-state index contributed by atoms with van der Waals surface area (Å²) in [6, 6.07) is 5.35. The average Bonchev–Trinajstić information content (AvgIpc) is 2.37. The van der Waals surface area contributed by atoms with Gasteiger partial charge in [-0.15, -0.1) is 0 Å². The molecule has 1 fully saturated rings. The molecule has 4 nitrogen and oxygen atoms in total. The highest BCUT2D eigenvalue weighted by atomic mass is 16.5. The van der Waals surface area contributed by atoms with Crippen LogP contribution in [0, 0.1) is 5.41 Å². The first-order valence-electron chi connectivity index (χ1n) is 7.04. The van der Waals surface area contributed by atoms with Crippen LogP contribution in [-0.4, -0.2) is 36.2 Å². The van der Waals surface area contributed by atoms with Crippen molar-refractivity contribution in [1.82, 2.24) is 4.90 Å². The van der Waals surface area contributed by atoms with E-state index >= 15 is 0 Å². The minimum atomic E-state index is -0.951. The Balaban J connectivity index is 2.12. The number of ether oxygens (including phenoxy) is 1. The molecule has 1 aliphatic rings. The van der Waals surface area contributed by atoms with E-state index in [1.165, 1.54) is 20.0 Å². The monoisotopic (exact) mass is 277 g/mol. The van der Waals surface area contributed by atoms with E-state index in [4.69, 9.17) is 9.84 Å². The zero-order valence-electron chi connectivity index (χ0n) is 12.5. The SMILES string of the molecule is COc1cc(CN2CCCC(C)(C)C2)ccc1C(=O)O. The molecule has 0 radical (unpaired) electrons. The van der Waals surface area contributed by atoms with Gasteiger partial charge in [-0.2, -0.15) is 0 Å². The molecule has 0 unspecified atom stereocenters. The topological polar surface area (TPSA) is 49.8 Å². The molecule has 4 heteroatoms. The normalized spacial score (nSPS) is 18.8. The molecule has 1 N–H and O–H groups in total. The maximum atomic E-state index is 11.1. The van der Waals surface area contributed by atoms with Crippen molar-refractivity contribution in [2.75, 3.05) is 20.2 Å². The first-order valence-corrected chi connectivity index (χ1v) is 7.04. The second-order valence-corrected chi connectivity index (χ2v) is 6.32. The fraction of sp³-hybridized carbons (Fsp3) is 0.562. The Hall–Kier alpha value is -1.55. The number of hydrogen-bond donors (Lipinski definition) is 1. The van der Waals surface area contributed by atoms with Gasteiger partial charge < -0.3 is 9.84 Å². The van der Waals surface area contributed by atoms with Gasteiger partial charge in [0.2, 0.25) is 0 Å². The fourth-order valence-electron chi connectivity index (χ4n) is 2.95. The number of methoxy groups -OCH3 is 1. The molecule has 0 saturated carbocycles. The molecule has 0 aromatic heterocycles. The van der Waals surface area contributed by atoms with Gasteiger partial charge in [0.25, 0.3) is 0 Å². The molecular weight excluding hydrogens is 254 g/mol. The van der Waals surface area contributed by atoms with Crippen molar-refractivity contribution < 1.29 is 14.6 Å². The van der Waals surface area contributed by atoms with Crippen molar-refractivity contribution in [3.05, 3.63) is 29.3 Å². The van der Waals surface area contributed by atoms with Crippen molar-refractivity contribution in [3.63, 3.8) is 0 Å². The minimum Gasteiger partial charge on any atom is -0.496 e. The number of hydrogen-bond acceptors (Lipinski definition) is 3. The molecular formula is C16H23NO3. The fourth-order valence-corrected chi connectivity index (χ4v) is 2.95. The summed E-state index contributed by atoms with van der Waals surface area (Å²) >= 11 is 0. The quantitative estimate of drug-likeness (QED) is 0.919. The predicted octanol–water partition coefficient (Wildman–Crippen LogP) is 3.02. The van der Waals surface area contributed by atoms with Crippen LogP contribution in [0.25, 0.3) is 0 Å². The molecule has 1 heterocycles. The highest BCUT2D eigenvalue weighted by Crippen LogP contribution is 2.30. The largest absolute Gasteiger partial charge is 0.496 e. The van der Waals surface area contributed by atoms with Gasteiger partial charge in [0.1, 0.15) is 11.3 Å². The van der Waals surface area contributed by atoms with Crippen LogP contribution in [0.4, 0.5) is 0 Å². The average molecular weight is 277 g/mol. The number of nitrogens with zero attached hydrogens (tertiary/aromatic N) is 1. The van der Waals surface area contributed by atoms with Gasteiger partial charge in [-0.3, -0.25) is 4.90 Å². The van der Waals surface area contributed by atoms with E-state index in [2.05, 4.69) is 18.7 Å². The zero-order chi connectivity index (χ0) is 14.8. The molecule has 1 aromatic carbocycles. The molecule has 1 aromatic rings. The van der Waals surface area contributed by atoms with Crippen LogP contribution in [0.5, 0.6) is 5.75 Å². The summed E-state index contributed by atoms with van der Waals surface area (Å²) < 4.78 is 5.18. The van der Waals surface area contributed by atoms with Crippen LogP contribution >= 0.6 is 0 Å². The molecule has 1 aliphatic heterocycles. The number of benzene rings is 1. The van der Waals surface area contributed by atoms with E-state index in [0.717, 1.165) is 25.2 Å². The Morgan fingerprint density at radius 2 is 2.20 bits per heavy atom. The molecule has 1 saturated heterocycles. The Morgan fingerprint density at radius 3 is 2.80 bits per heavy atom. The summed E-state index contributed by atoms with van der Waals surface area (Å²) in [5.74, 6) is -0.515. The first-order chi connectivity index (χ1) is 9.41. The third-order valence-electron chi connectivity index (χ3n) is 3.88. The number of rotatable bonds is 4. The number of aromatic carboxylic acids is 1. The van der Waals surface area contributed by atoms with Crippen LogP contribution in [0.2, 0.25) is 0 Å². The number of carbonyl (C=O) groups is 1. The summed E-state index contributed by atoms with van der Waals surface area (Å²) in [7, 11) is 1.51. The van der Waals surface area contributed by atoms with E-state index in [1.54, 1.807) is 6.07 Å². The summed E-state index contributed by atoms with van der Waals surface area (Å²) in [6.07, 6.45) is 2.49. The molecule has 0 aliphatic carbocycles. The zero-order valence-corrected chi connectivity index (χ0v) is 12.5. The summed E-state index contributed by atoms with van der Waals surface area (Å²) in [4.78, 5) is 13.5. The van der Waals surface area contributed by atoms with Gasteiger partial charge in [0.05, 0.1) is 7.11 Å². The molecule has 20 heavy (non-hydrogen) atoms. The number of carboxylic acid groups (broad SMARTS) is 1.